The fraction of sp³-hybridized carbons (Fsp3) is 0.423. The monoisotopic (exact) mass is 389 g/mol. The maximum atomic E-state index is 11.2. The van der Waals surface area contributed by atoms with Crippen molar-refractivity contribution in [2.45, 2.75) is 38.1 Å². The summed E-state index contributed by atoms with van der Waals surface area (Å²) in [5, 5.41) is 0. The molecule has 0 amide bonds. The fourth-order valence-electron chi connectivity index (χ4n) is 4.65. The van der Waals surface area contributed by atoms with Crippen LogP contribution in [0.1, 0.15) is 48.3 Å². The first kappa shape index (κ1) is 19.9. The Morgan fingerprint density at radius 3 is 2.48 bits per heavy atom. The Balaban J connectivity index is 1.19. The molecule has 3 heteroatoms. The van der Waals surface area contributed by atoms with E-state index in [1.54, 1.807) is 11.6 Å². The molecule has 152 valence electrons. The number of benzene rings is 2. The first-order chi connectivity index (χ1) is 14.2. The van der Waals surface area contributed by atoms with Gasteiger partial charge in [0.15, 0.2) is 0 Å². The van der Waals surface area contributed by atoms with Gasteiger partial charge >= 0.3 is 5.97 Å². The molecule has 1 heterocycles. The predicted molar refractivity (Wildman–Crippen MR) is 117 cm³/mol. The molecule has 1 saturated carbocycles. The number of likely N-dealkylation sites (tertiary alicyclic amines) is 1. The molecule has 2 aromatic carbocycles. The Bertz CT molecular complexity index is 820. The third-order valence-corrected chi connectivity index (χ3v) is 6.49. The highest BCUT2D eigenvalue weighted by Gasteiger charge is 2.39. The Kier molecular flexibility index (Phi) is 6.46. The molecule has 29 heavy (non-hydrogen) atoms. The average Bonchev–Trinajstić information content (AvgIpc) is 3.54. The molecule has 2 fully saturated rings. The Hall–Kier alpha value is -2.39. The van der Waals surface area contributed by atoms with Crippen LogP contribution in [0.25, 0.3) is 6.08 Å². The van der Waals surface area contributed by atoms with E-state index in [0.717, 1.165) is 29.9 Å². The van der Waals surface area contributed by atoms with Crippen LogP contribution >= 0.6 is 0 Å². The first-order valence-corrected chi connectivity index (χ1v) is 10.8. The number of rotatable bonds is 7. The minimum absolute atomic E-state index is 0.321. The molecule has 3 nitrogen and oxygen atoms in total. The van der Waals surface area contributed by atoms with E-state index in [2.05, 4.69) is 64.2 Å². The van der Waals surface area contributed by atoms with Crippen molar-refractivity contribution in [2.24, 2.45) is 11.8 Å². The summed E-state index contributed by atoms with van der Waals surface area (Å²) in [6, 6.07) is 19.5. The lowest BCUT2D eigenvalue weighted by molar-refractivity contribution is -0.134. The third-order valence-electron chi connectivity index (χ3n) is 6.49. The van der Waals surface area contributed by atoms with Crippen LogP contribution < -0.4 is 0 Å². The first-order valence-electron chi connectivity index (χ1n) is 10.8. The number of esters is 1. The number of nitrogens with zero attached hydrogens (tertiary/aromatic N) is 1. The highest BCUT2D eigenvalue weighted by molar-refractivity contribution is 5.86. The van der Waals surface area contributed by atoms with Crippen molar-refractivity contribution in [1.82, 2.24) is 4.90 Å². The van der Waals surface area contributed by atoms with E-state index in [1.165, 1.54) is 57.5 Å². The van der Waals surface area contributed by atoms with Crippen LogP contribution in [-0.2, 0) is 16.1 Å². The van der Waals surface area contributed by atoms with E-state index in [1.807, 2.05) is 0 Å². The van der Waals surface area contributed by atoms with Crippen molar-refractivity contribution in [3.8, 4) is 0 Å². The van der Waals surface area contributed by atoms with Gasteiger partial charge in [0, 0.05) is 12.6 Å². The number of carbonyl (C=O) groups is 1. The Morgan fingerprint density at radius 2 is 1.79 bits per heavy atom. The summed E-state index contributed by atoms with van der Waals surface area (Å²) in [4.78, 5) is 13.8. The molecule has 1 aliphatic carbocycles. The summed E-state index contributed by atoms with van der Waals surface area (Å²) < 4.78 is 4.63. The summed E-state index contributed by atoms with van der Waals surface area (Å²) >= 11 is 0. The van der Waals surface area contributed by atoms with Crippen molar-refractivity contribution in [1.29, 1.82) is 0 Å². The topological polar surface area (TPSA) is 29.5 Å². The van der Waals surface area contributed by atoms with Gasteiger partial charge in [-0.15, -0.1) is 0 Å². The zero-order chi connectivity index (χ0) is 20.1. The molecule has 0 N–H and O–H groups in total. The molecule has 2 atom stereocenters. The highest BCUT2D eigenvalue weighted by Crippen LogP contribution is 2.51. The van der Waals surface area contributed by atoms with E-state index in [0.29, 0.717) is 0 Å². The molecule has 1 saturated heterocycles. The van der Waals surface area contributed by atoms with Crippen molar-refractivity contribution in [3.05, 3.63) is 77.4 Å². The Morgan fingerprint density at radius 1 is 1.07 bits per heavy atom. The van der Waals surface area contributed by atoms with Gasteiger partial charge < -0.3 is 4.74 Å². The molecule has 0 aromatic heterocycles. The molecule has 0 radical (unpaired) electrons. The van der Waals surface area contributed by atoms with Crippen LogP contribution in [-0.4, -0.2) is 31.1 Å². The molecule has 4 rings (SSSR count). The average molecular weight is 390 g/mol. The van der Waals surface area contributed by atoms with Crippen molar-refractivity contribution in [2.75, 3.05) is 20.2 Å². The van der Waals surface area contributed by atoms with E-state index in [4.69, 9.17) is 0 Å². The minimum atomic E-state index is -0.321. The van der Waals surface area contributed by atoms with Gasteiger partial charge in [-0.2, -0.15) is 0 Å². The fourth-order valence-corrected chi connectivity index (χ4v) is 4.65. The maximum absolute atomic E-state index is 11.2. The van der Waals surface area contributed by atoms with Gasteiger partial charge in [-0.1, -0.05) is 54.6 Å². The molecule has 0 bridgehead atoms. The smallest absolute Gasteiger partial charge is 0.330 e. The lowest BCUT2D eigenvalue weighted by Gasteiger charge is -2.32. The van der Waals surface area contributed by atoms with Gasteiger partial charge in [0.2, 0.25) is 0 Å². The number of hydrogen-bond acceptors (Lipinski definition) is 3. The van der Waals surface area contributed by atoms with Crippen molar-refractivity contribution < 1.29 is 9.53 Å². The van der Waals surface area contributed by atoms with Crippen LogP contribution in [0.3, 0.4) is 0 Å². The summed E-state index contributed by atoms with van der Waals surface area (Å²) in [6.45, 7) is 3.43. The van der Waals surface area contributed by atoms with Crippen molar-refractivity contribution in [3.63, 3.8) is 0 Å². The number of ether oxygens (including phenoxy) is 1. The number of methoxy groups -OCH3 is 1. The molecular formula is C26H31NO2. The van der Waals surface area contributed by atoms with E-state index < -0.39 is 0 Å². The van der Waals surface area contributed by atoms with Gasteiger partial charge in [0.25, 0.3) is 0 Å². The van der Waals surface area contributed by atoms with Crippen LogP contribution in [0.2, 0.25) is 0 Å². The van der Waals surface area contributed by atoms with Gasteiger partial charge in [-0.05, 0) is 79.3 Å². The quantitative estimate of drug-likeness (QED) is 0.477. The predicted octanol–water partition coefficient (Wildman–Crippen LogP) is 5.28. The van der Waals surface area contributed by atoms with Crippen LogP contribution in [0, 0.1) is 11.8 Å². The lowest BCUT2D eigenvalue weighted by atomic mass is 9.90. The summed E-state index contributed by atoms with van der Waals surface area (Å²) in [5.41, 5.74) is 3.90. The van der Waals surface area contributed by atoms with Crippen LogP contribution in [0.4, 0.5) is 0 Å². The van der Waals surface area contributed by atoms with Crippen LogP contribution in [0.5, 0.6) is 0 Å². The molecule has 0 unspecified atom stereocenters. The second-order valence-electron chi connectivity index (χ2n) is 8.57. The molecular weight excluding hydrogens is 358 g/mol. The SMILES string of the molecule is COC(=O)/C=C/c1ccc(CN2CCC(C[C@@H]3C[C@H]3c3ccccc3)CC2)cc1. The zero-order valence-electron chi connectivity index (χ0n) is 17.3. The van der Waals surface area contributed by atoms with E-state index in [9.17, 15) is 4.79 Å². The normalized spacial score (nSPS) is 22.7. The standard InChI is InChI=1S/C26H31NO2/c1-29-26(28)12-11-20-7-9-22(10-8-20)19-27-15-13-21(14-16-27)17-24-18-25(24)23-5-3-2-4-6-23/h2-12,21,24-25H,13-19H2,1H3/b12-11+/t24-,25+/m1/s1. The lowest BCUT2D eigenvalue weighted by Crippen LogP contribution is -2.33. The summed E-state index contributed by atoms with van der Waals surface area (Å²) in [7, 11) is 1.39. The minimum Gasteiger partial charge on any atom is -0.466 e. The third kappa shape index (κ3) is 5.57. The van der Waals surface area contributed by atoms with E-state index in [-0.39, 0.29) is 5.97 Å². The second kappa shape index (κ2) is 9.41. The van der Waals surface area contributed by atoms with Crippen molar-refractivity contribution >= 4 is 12.0 Å². The molecule has 2 aliphatic rings. The summed E-state index contributed by atoms with van der Waals surface area (Å²) in [6.07, 6.45) is 8.72. The number of hydrogen-bond donors (Lipinski definition) is 0. The zero-order valence-corrected chi connectivity index (χ0v) is 17.3. The van der Waals surface area contributed by atoms with Gasteiger partial charge in [-0.3, -0.25) is 4.90 Å². The van der Waals surface area contributed by atoms with Gasteiger partial charge in [0.05, 0.1) is 7.11 Å². The highest BCUT2D eigenvalue weighted by atomic mass is 16.5. The largest absolute Gasteiger partial charge is 0.466 e. The maximum Gasteiger partial charge on any atom is 0.330 e. The molecule has 1 aliphatic heterocycles. The Labute approximate surface area is 174 Å². The van der Waals surface area contributed by atoms with Gasteiger partial charge in [0.1, 0.15) is 0 Å². The molecule has 2 aromatic rings. The number of carbonyl (C=O) groups excluding carboxylic acids is 1. The summed E-state index contributed by atoms with van der Waals surface area (Å²) in [5.74, 6) is 2.31. The van der Waals surface area contributed by atoms with Crippen LogP contribution in [0.15, 0.2) is 60.7 Å². The molecule has 0 spiro atoms. The second-order valence-corrected chi connectivity index (χ2v) is 8.57. The number of piperidine rings is 1. The van der Waals surface area contributed by atoms with E-state index >= 15 is 0 Å². The van der Waals surface area contributed by atoms with Gasteiger partial charge in [-0.25, -0.2) is 4.79 Å².